The lowest BCUT2D eigenvalue weighted by atomic mass is 10.1. The molecule has 7 heteroatoms. The topological polar surface area (TPSA) is 48.9 Å². The minimum Gasteiger partial charge on any atom is -0.494 e. The Morgan fingerprint density at radius 3 is 2.52 bits per heavy atom. The molecule has 0 amide bonds. The fraction of sp³-hybridized carbons (Fsp3) is 0.409. The molecule has 0 heterocycles. The van der Waals surface area contributed by atoms with Crippen molar-refractivity contribution in [2.75, 3.05) is 27.2 Å². The average Bonchev–Trinajstić information content (AvgIpc) is 2.67. The number of benzene rings is 2. The van der Waals surface area contributed by atoms with Gasteiger partial charge in [0, 0.05) is 30.8 Å². The quantitative estimate of drug-likeness (QED) is 0.300. The number of ether oxygens (including phenoxy) is 1. The smallest absolute Gasteiger partial charge is 0.191 e. The van der Waals surface area contributed by atoms with Crippen LogP contribution in [0.15, 0.2) is 47.5 Å². The van der Waals surface area contributed by atoms with Crippen molar-refractivity contribution in [1.82, 2.24) is 15.5 Å². The third-order valence-corrected chi connectivity index (χ3v) is 4.08. The molecule has 0 fully saturated rings. The molecule has 2 aromatic carbocycles. The highest BCUT2D eigenvalue weighted by molar-refractivity contribution is 14.0. The fourth-order valence-electron chi connectivity index (χ4n) is 2.83. The van der Waals surface area contributed by atoms with Crippen LogP contribution in [0.5, 0.6) is 5.75 Å². The van der Waals surface area contributed by atoms with Gasteiger partial charge in [0.2, 0.25) is 0 Å². The summed E-state index contributed by atoms with van der Waals surface area (Å²) >= 11 is 0. The summed E-state index contributed by atoms with van der Waals surface area (Å²) in [6, 6.07) is 13.1. The number of hydrogen-bond acceptors (Lipinski definition) is 3. The van der Waals surface area contributed by atoms with E-state index in [0.717, 1.165) is 23.4 Å². The molecule has 0 aliphatic heterocycles. The van der Waals surface area contributed by atoms with Crippen LogP contribution in [0, 0.1) is 5.82 Å². The van der Waals surface area contributed by atoms with Crippen LogP contribution in [0.1, 0.15) is 30.5 Å². The SMILES string of the molecule is CCNC(=NCc1ccc(F)c(CN(C)C)c1)NCc1ccccc1OCC.I. The first-order chi connectivity index (χ1) is 13.5. The van der Waals surface area contributed by atoms with Crippen LogP contribution in [-0.2, 0) is 19.6 Å². The molecule has 0 saturated heterocycles. The van der Waals surface area contributed by atoms with E-state index in [4.69, 9.17) is 4.74 Å². The monoisotopic (exact) mass is 514 g/mol. The number of hydrogen-bond donors (Lipinski definition) is 2. The molecule has 0 radical (unpaired) electrons. The zero-order valence-electron chi connectivity index (χ0n) is 17.7. The summed E-state index contributed by atoms with van der Waals surface area (Å²) in [5.41, 5.74) is 2.73. The van der Waals surface area contributed by atoms with Crippen molar-refractivity contribution in [2.24, 2.45) is 4.99 Å². The highest BCUT2D eigenvalue weighted by Gasteiger charge is 2.07. The number of nitrogens with zero attached hydrogens (tertiary/aromatic N) is 2. The minimum atomic E-state index is -0.181. The van der Waals surface area contributed by atoms with Crippen LogP contribution in [0.2, 0.25) is 0 Å². The van der Waals surface area contributed by atoms with Crippen molar-refractivity contribution in [1.29, 1.82) is 0 Å². The number of para-hydroxylation sites is 1. The maximum Gasteiger partial charge on any atom is 0.191 e. The second-order valence-electron chi connectivity index (χ2n) is 6.75. The van der Waals surface area contributed by atoms with E-state index in [1.807, 2.05) is 63.2 Å². The predicted octanol–water partition coefficient (Wildman–Crippen LogP) is 4.16. The Labute approximate surface area is 190 Å². The van der Waals surface area contributed by atoms with Crippen molar-refractivity contribution in [2.45, 2.75) is 33.5 Å². The standard InChI is InChI=1S/C22H31FN4O.HI/c1-5-24-22(26-15-18-9-7-8-10-21(18)28-6-2)25-14-17-11-12-20(23)19(13-17)16-27(3)4;/h7-13H,5-6,14-16H2,1-4H3,(H2,24,25,26);1H. The van der Waals surface area contributed by atoms with E-state index in [0.29, 0.717) is 37.8 Å². The number of nitrogens with one attached hydrogen (secondary N) is 2. The van der Waals surface area contributed by atoms with E-state index >= 15 is 0 Å². The van der Waals surface area contributed by atoms with Crippen molar-refractivity contribution in [3.8, 4) is 5.75 Å². The highest BCUT2D eigenvalue weighted by Crippen LogP contribution is 2.17. The average molecular weight is 514 g/mol. The molecule has 2 aromatic rings. The van der Waals surface area contributed by atoms with E-state index in [1.165, 1.54) is 6.07 Å². The normalized spacial score (nSPS) is 11.2. The summed E-state index contributed by atoms with van der Waals surface area (Å²) in [5.74, 6) is 1.41. The van der Waals surface area contributed by atoms with Crippen molar-refractivity contribution in [3.63, 3.8) is 0 Å². The van der Waals surface area contributed by atoms with Gasteiger partial charge in [-0.25, -0.2) is 9.38 Å². The first-order valence-electron chi connectivity index (χ1n) is 9.68. The molecule has 5 nitrogen and oxygen atoms in total. The molecular formula is C22H32FIN4O. The summed E-state index contributed by atoms with van der Waals surface area (Å²) in [5, 5.41) is 6.59. The number of aliphatic imine (C=N–C) groups is 1. The van der Waals surface area contributed by atoms with Gasteiger partial charge in [-0.15, -0.1) is 24.0 Å². The van der Waals surface area contributed by atoms with Gasteiger partial charge in [-0.05, 0) is 51.7 Å². The van der Waals surface area contributed by atoms with Gasteiger partial charge in [0.05, 0.1) is 13.2 Å². The summed E-state index contributed by atoms with van der Waals surface area (Å²) in [6.07, 6.45) is 0. The van der Waals surface area contributed by atoms with Crippen LogP contribution in [0.25, 0.3) is 0 Å². The molecule has 0 aromatic heterocycles. The lowest BCUT2D eigenvalue weighted by Gasteiger charge is -2.14. The molecule has 0 aliphatic carbocycles. The van der Waals surface area contributed by atoms with Crippen LogP contribution in [0.4, 0.5) is 4.39 Å². The molecule has 2 rings (SSSR count). The number of halogens is 2. The van der Waals surface area contributed by atoms with Crippen LogP contribution >= 0.6 is 24.0 Å². The third kappa shape index (κ3) is 8.57. The van der Waals surface area contributed by atoms with E-state index in [2.05, 4.69) is 15.6 Å². The van der Waals surface area contributed by atoms with E-state index in [-0.39, 0.29) is 29.8 Å². The van der Waals surface area contributed by atoms with Gasteiger partial charge >= 0.3 is 0 Å². The van der Waals surface area contributed by atoms with Crippen molar-refractivity contribution >= 4 is 29.9 Å². The summed E-state index contributed by atoms with van der Waals surface area (Å²) in [6.45, 7) is 7.04. The zero-order valence-corrected chi connectivity index (χ0v) is 20.0. The van der Waals surface area contributed by atoms with Crippen LogP contribution < -0.4 is 15.4 Å². The second-order valence-corrected chi connectivity index (χ2v) is 6.75. The van der Waals surface area contributed by atoms with Gasteiger partial charge in [-0.3, -0.25) is 0 Å². The minimum absolute atomic E-state index is 0. The summed E-state index contributed by atoms with van der Waals surface area (Å²) in [7, 11) is 3.86. The molecule has 2 N–H and O–H groups in total. The van der Waals surface area contributed by atoms with Gasteiger partial charge in [-0.2, -0.15) is 0 Å². The first-order valence-corrected chi connectivity index (χ1v) is 9.68. The van der Waals surface area contributed by atoms with E-state index < -0.39 is 0 Å². The Bertz CT molecular complexity index is 783. The molecular weight excluding hydrogens is 482 g/mol. The third-order valence-electron chi connectivity index (χ3n) is 4.08. The van der Waals surface area contributed by atoms with Crippen molar-refractivity contribution < 1.29 is 9.13 Å². The molecule has 0 atom stereocenters. The summed E-state index contributed by atoms with van der Waals surface area (Å²) < 4.78 is 19.6. The maximum atomic E-state index is 14.0. The van der Waals surface area contributed by atoms with Gasteiger partial charge in [0.25, 0.3) is 0 Å². The van der Waals surface area contributed by atoms with E-state index in [1.54, 1.807) is 6.07 Å². The molecule has 0 unspecified atom stereocenters. The van der Waals surface area contributed by atoms with Gasteiger partial charge in [0.1, 0.15) is 11.6 Å². The number of rotatable bonds is 9. The second kappa shape index (κ2) is 13.4. The lowest BCUT2D eigenvalue weighted by molar-refractivity contribution is 0.336. The van der Waals surface area contributed by atoms with E-state index in [9.17, 15) is 4.39 Å². The Balaban J connectivity index is 0.00000420. The molecule has 0 bridgehead atoms. The van der Waals surface area contributed by atoms with Gasteiger partial charge < -0.3 is 20.3 Å². The Morgan fingerprint density at radius 2 is 1.83 bits per heavy atom. The molecule has 0 spiro atoms. The Kier molecular flexibility index (Phi) is 11.6. The molecule has 0 saturated carbocycles. The Hall–Kier alpha value is -1.87. The summed E-state index contributed by atoms with van der Waals surface area (Å²) in [4.78, 5) is 6.59. The highest BCUT2D eigenvalue weighted by atomic mass is 127. The largest absolute Gasteiger partial charge is 0.494 e. The number of guanidine groups is 1. The molecule has 29 heavy (non-hydrogen) atoms. The predicted molar refractivity (Wildman–Crippen MR) is 128 cm³/mol. The van der Waals surface area contributed by atoms with Crippen molar-refractivity contribution in [3.05, 3.63) is 65.0 Å². The molecule has 160 valence electrons. The van der Waals surface area contributed by atoms with Gasteiger partial charge in [0.15, 0.2) is 5.96 Å². The fourth-order valence-corrected chi connectivity index (χ4v) is 2.83. The molecule has 0 aliphatic rings. The maximum absolute atomic E-state index is 14.0. The van der Waals surface area contributed by atoms with Crippen LogP contribution in [0.3, 0.4) is 0 Å². The first kappa shape index (κ1) is 25.2. The Morgan fingerprint density at radius 1 is 1.07 bits per heavy atom. The van der Waals surface area contributed by atoms with Gasteiger partial charge in [-0.1, -0.05) is 24.3 Å². The van der Waals surface area contributed by atoms with Crippen LogP contribution in [-0.4, -0.2) is 38.1 Å². The zero-order chi connectivity index (χ0) is 20.4. The lowest BCUT2D eigenvalue weighted by Crippen LogP contribution is -2.36.